The Morgan fingerprint density at radius 2 is 1.77 bits per heavy atom. The first-order valence-electron chi connectivity index (χ1n) is 9.45. The van der Waals surface area contributed by atoms with E-state index in [1.54, 1.807) is 18.2 Å². The molecular formula is C24H19NO5. The minimum absolute atomic E-state index is 0.0476. The number of fused-ring (bicyclic) bond motifs is 2. The molecule has 0 bridgehead atoms. The van der Waals surface area contributed by atoms with Gasteiger partial charge in [0.05, 0.1) is 6.42 Å². The zero-order valence-corrected chi connectivity index (χ0v) is 16.3. The second kappa shape index (κ2) is 8.21. The number of hydrogen-bond acceptors (Lipinski definition) is 5. The first kappa shape index (κ1) is 19.4. The molecule has 150 valence electrons. The van der Waals surface area contributed by atoms with E-state index in [-0.39, 0.29) is 24.9 Å². The largest absolute Gasteiger partial charge is 0.461 e. The van der Waals surface area contributed by atoms with E-state index in [2.05, 4.69) is 5.32 Å². The maximum atomic E-state index is 12.3. The molecule has 1 N–H and O–H groups in total. The molecule has 6 heteroatoms. The smallest absolute Gasteiger partial charge is 0.336 e. The van der Waals surface area contributed by atoms with Crippen LogP contribution in [-0.2, 0) is 27.4 Å². The highest BCUT2D eigenvalue weighted by Gasteiger charge is 2.11. The van der Waals surface area contributed by atoms with E-state index in [1.165, 1.54) is 13.0 Å². The van der Waals surface area contributed by atoms with Crippen molar-refractivity contribution in [3.05, 3.63) is 88.3 Å². The highest BCUT2D eigenvalue weighted by atomic mass is 16.5. The zero-order chi connectivity index (χ0) is 21.1. The second-order valence-electron chi connectivity index (χ2n) is 7.00. The maximum Gasteiger partial charge on any atom is 0.336 e. The zero-order valence-electron chi connectivity index (χ0n) is 16.3. The summed E-state index contributed by atoms with van der Waals surface area (Å²) in [5, 5.41) is 5.45. The van der Waals surface area contributed by atoms with Crippen LogP contribution in [0.15, 0.2) is 75.9 Å². The van der Waals surface area contributed by atoms with Crippen LogP contribution in [-0.4, -0.2) is 11.9 Å². The number of amides is 1. The molecular weight excluding hydrogens is 382 g/mol. The summed E-state index contributed by atoms with van der Waals surface area (Å²) in [7, 11) is 0. The van der Waals surface area contributed by atoms with Crippen molar-refractivity contribution in [2.75, 3.05) is 5.32 Å². The summed E-state index contributed by atoms with van der Waals surface area (Å²) in [6.45, 7) is 1.35. The third-order valence-electron chi connectivity index (χ3n) is 4.70. The van der Waals surface area contributed by atoms with Gasteiger partial charge in [-0.3, -0.25) is 9.59 Å². The van der Waals surface area contributed by atoms with Gasteiger partial charge in [0.25, 0.3) is 0 Å². The van der Waals surface area contributed by atoms with Gasteiger partial charge in [0.2, 0.25) is 5.91 Å². The normalized spacial score (nSPS) is 10.8. The van der Waals surface area contributed by atoms with Crippen LogP contribution in [0.2, 0.25) is 0 Å². The fourth-order valence-electron chi connectivity index (χ4n) is 3.36. The number of carbonyl (C=O) groups is 2. The number of esters is 1. The van der Waals surface area contributed by atoms with Crippen molar-refractivity contribution in [1.82, 2.24) is 0 Å². The van der Waals surface area contributed by atoms with Crippen LogP contribution >= 0.6 is 0 Å². The van der Waals surface area contributed by atoms with Crippen molar-refractivity contribution in [2.24, 2.45) is 0 Å². The molecule has 0 saturated heterocycles. The standard InChI is InChI=1S/C24H19NO5/c1-15(26)25-20-8-9-21-19(12-24(28)30-22(21)13-20)14-29-23(27)11-16-6-7-17-4-2-3-5-18(17)10-16/h2-10,12-13H,11,14H2,1H3,(H,25,26). The Morgan fingerprint density at radius 3 is 2.57 bits per heavy atom. The van der Waals surface area contributed by atoms with Crippen LogP contribution in [0.4, 0.5) is 5.69 Å². The lowest BCUT2D eigenvalue weighted by Gasteiger charge is -2.09. The predicted molar refractivity (Wildman–Crippen MR) is 114 cm³/mol. The van der Waals surface area contributed by atoms with Gasteiger partial charge < -0.3 is 14.5 Å². The van der Waals surface area contributed by atoms with Crippen molar-refractivity contribution >= 4 is 39.3 Å². The summed E-state index contributed by atoms with van der Waals surface area (Å²) in [6, 6.07) is 20.1. The molecule has 3 aromatic carbocycles. The second-order valence-corrected chi connectivity index (χ2v) is 7.00. The molecule has 30 heavy (non-hydrogen) atoms. The SMILES string of the molecule is CC(=O)Nc1ccc2c(COC(=O)Cc3ccc4ccccc4c3)cc(=O)oc2c1. The van der Waals surface area contributed by atoms with E-state index >= 15 is 0 Å². The van der Waals surface area contributed by atoms with E-state index in [0.717, 1.165) is 16.3 Å². The minimum atomic E-state index is -0.553. The number of anilines is 1. The third kappa shape index (κ3) is 4.38. The summed E-state index contributed by atoms with van der Waals surface area (Å²) in [6.07, 6.45) is 0.136. The molecule has 0 unspecified atom stereocenters. The molecule has 0 radical (unpaired) electrons. The summed E-state index contributed by atoms with van der Waals surface area (Å²) in [4.78, 5) is 35.5. The van der Waals surface area contributed by atoms with Crippen LogP contribution in [0.3, 0.4) is 0 Å². The van der Waals surface area contributed by atoms with Gasteiger partial charge in [0.1, 0.15) is 12.2 Å². The number of carbonyl (C=O) groups excluding carboxylic acids is 2. The maximum absolute atomic E-state index is 12.3. The monoisotopic (exact) mass is 401 g/mol. The Kier molecular flexibility index (Phi) is 5.30. The number of benzene rings is 3. The molecule has 4 aromatic rings. The molecule has 0 saturated carbocycles. The Balaban J connectivity index is 1.50. The van der Waals surface area contributed by atoms with Gasteiger partial charge in [0, 0.05) is 35.7 Å². The molecule has 0 aliphatic heterocycles. The fourth-order valence-corrected chi connectivity index (χ4v) is 3.36. The molecule has 1 heterocycles. The van der Waals surface area contributed by atoms with E-state index in [4.69, 9.17) is 9.15 Å². The fraction of sp³-hybridized carbons (Fsp3) is 0.125. The molecule has 0 aliphatic rings. The molecule has 1 aromatic heterocycles. The van der Waals surface area contributed by atoms with Gasteiger partial charge in [-0.1, -0.05) is 42.5 Å². The lowest BCUT2D eigenvalue weighted by atomic mass is 10.1. The molecule has 0 atom stereocenters. The van der Waals surface area contributed by atoms with E-state index in [1.807, 2.05) is 42.5 Å². The van der Waals surface area contributed by atoms with Gasteiger partial charge in [0.15, 0.2) is 0 Å². The van der Waals surface area contributed by atoms with E-state index in [0.29, 0.717) is 22.2 Å². The highest BCUT2D eigenvalue weighted by Crippen LogP contribution is 2.22. The third-order valence-corrected chi connectivity index (χ3v) is 4.70. The highest BCUT2D eigenvalue weighted by molar-refractivity contribution is 5.92. The molecule has 6 nitrogen and oxygen atoms in total. The summed E-state index contributed by atoms with van der Waals surface area (Å²) >= 11 is 0. The lowest BCUT2D eigenvalue weighted by Crippen LogP contribution is -2.10. The average molecular weight is 401 g/mol. The van der Waals surface area contributed by atoms with Gasteiger partial charge in [-0.2, -0.15) is 0 Å². The Morgan fingerprint density at radius 1 is 0.967 bits per heavy atom. The van der Waals surface area contributed by atoms with Crippen LogP contribution in [0, 0.1) is 0 Å². The van der Waals surface area contributed by atoms with Crippen molar-refractivity contribution in [3.8, 4) is 0 Å². The first-order valence-corrected chi connectivity index (χ1v) is 9.45. The first-order chi connectivity index (χ1) is 14.5. The number of ether oxygens (including phenoxy) is 1. The molecule has 4 rings (SSSR count). The Hall–Kier alpha value is -3.93. The minimum Gasteiger partial charge on any atom is -0.461 e. The number of hydrogen-bond donors (Lipinski definition) is 1. The summed E-state index contributed by atoms with van der Waals surface area (Å²) in [5.74, 6) is -0.614. The van der Waals surface area contributed by atoms with Gasteiger partial charge in [-0.05, 0) is 28.5 Å². The van der Waals surface area contributed by atoms with Crippen LogP contribution in [0.5, 0.6) is 0 Å². The topological polar surface area (TPSA) is 85.6 Å². The van der Waals surface area contributed by atoms with Crippen LogP contribution < -0.4 is 10.9 Å². The van der Waals surface area contributed by atoms with Crippen molar-refractivity contribution in [1.29, 1.82) is 0 Å². The van der Waals surface area contributed by atoms with Crippen LogP contribution in [0.1, 0.15) is 18.1 Å². The quantitative estimate of drug-likeness (QED) is 0.400. The van der Waals surface area contributed by atoms with Gasteiger partial charge in [-0.25, -0.2) is 4.79 Å². The Labute approximate surface area is 172 Å². The predicted octanol–water partition coefficient (Wildman–Crippen LogP) is 4.19. The van der Waals surface area contributed by atoms with Gasteiger partial charge >= 0.3 is 11.6 Å². The molecule has 0 fully saturated rings. The van der Waals surface area contributed by atoms with Crippen molar-refractivity contribution in [3.63, 3.8) is 0 Å². The average Bonchev–Trinajstić information content (AvgIpc) is 2.71. The van der Waals surface area contributed by atoms with E-state index < -0.39 is 5.63 Å². The van der Waals surface area contributed by atoms with Gasteiger partial charge in [-0.15, -0.1) is 0 Å². The van der Waals surface area contributed by atoms with Crippen molar-refractivity contribution in [2.45, 2.75) is 20.0 Å². The summed E-state index contributed by atoms with van der Waals surface area (Å²) in [5.41, 5.74) is 1.68. The van der Waals surface area contributed by atoms with Crippen molar-refractivity contribution < 1.29 is 18.7 Å². The van der Waals surface area contributed by atoms with E-state index in [9.17, 15) is 14.4 Å². The molecule has 0 spiro atoms. The Bertz CT molecular complexity index is 1320. The number of rotatable bonds is 5. The van der Waals surface area contributed by atoms with Crippen LogP contribution in [0.25, 0.3) is 21.7 Å². The lowest BCUT2D eigenvalue weighted by molar-refractivity contribution is -0.144. The molecule has 0 aliphatic carbocycles. The summed E-state index contributed by atoms with van der Waals surface area (Å²) < 4.78 is 10.6. The molecule has 1 amide bonds. The number of nitrogens with one attached hydrogen (secondary N) is 1.